The van der Waals surface area contributed by atoms with Gasteiger partial charge in [0.2, 0.25) is 5.91 Å². The second kappa shape index (κ2) is 8.66. The maximum absolute atomic E-state index is 13.2. The third-order valence-electron chi connectivity index (χ3n) is 5.12. The summed E-state index contributed by atoms with van der Waals surface area (Å²) in [5, 5.41) is 0.586. The molecule has 5 nitrogen and oxygen atoms in total. The average Bonchev–Trinajstić information content (AvgIpc) is 3.28. The number of carbonyl (C=O) groups excluding carboxylic acids is 1. The standard InChI is InChI=1S/C23H24N4OS/c1-16-13-19(18-9-10-20(24)25-14-18)15-26-22(16)29-21(17-7-3-2-4-8-17)23(28)27-11-5-6-12-27/h2-4,7-10,13-15,21H,5-6,11-12H2,1H3,(H2,24,25). The van der Waals surface area contributed by atoms with Crippen molar-refractivity contribution in [3.8, 4) is 11.1 Å². The number of nitrogen functional groups attached to an aromatic ring is 1. The smallest absolute Gasteiger partial charge is 0.240 e. The first-order valence-corrected chi connectivity index (χ1v) is 10.7. The number of nitrogens with two attached hydrogens (primary N) is 1. The van der Waals surface area contributed by atoms with Gasteiger partial charge in [0.05, 0.1) is 5.03 Å². The lowest BCUT2D eigenvalue weighted by molar-refractivity contribution is -0.129. The van der Waals surface area contributed by atoms with E-state index in [9.17, 15) is 4.79 Å². The second-order valence-electron chi connectivity index (χ2n) is 7.26. The van der Waals surface area contributed by atoms with Gasteiger partial charge in [0.25, 0.3) is 0 Å². The summed E-state index contributed by atoms with van der Waals surface area (Å²) in [7, 11) is 0. The van der Waals surface area contributed by atoms with Gasteiger partial charge in [0.1, 0.15) is 11.1 Å². The van der Waals surface area contributed by atoms with Gasteiger partial charge in [-0.2, -0.15) is 0 Å². The van der Waals surface area contributed by atoms with E-state index in [0.29, 0.717) is 5.82 Å². The van der Waals surface area contributed by atoms with E-state index in [-0.39, 0.29) is 11.2 Å². The number of aryl methyl sites for hydroxylation is 1. The molecular weight excluding hydrogens is 380 g/mol. The number of amides is 1. The van der Waals surface area contributed by atoms with Gasteiger partial charge < -0.3 is 10.6 Å². The number of hydrogen-bond donors (Lipinski definition) is 1. The van der Waals surface area contributed by atoms with Gasteiger partial charge >= 0.3 is 0 Å². The Bertz CT molecular complexity index is 986. The first kappa shape index (κ1) is 19.5. The molecule has 1 aromatic carbocycles. The highest BCUT2D eigenvalue weighted by Crippen LogP contribution is 2.38. The van der Waals surface area contributed by atoms with Gasteiger partial charge in [-0.1, -0.05) is 42.1 Å². The molecule has 4 rings (SSSR count). The predicted octanol–water partition coefficient (Wildman–Crippen LogP) is 4.49. The Morgan fingerprint density at radius 3 is 2.41 bits per heavy atom. The quantitative estimate of drug-likeness (QED) is 0.634. The number of benzene rings is 1. The molecule has 0 bridgehead atoms. The number of pyridine rings is 2. The van der Waals surface area contributed by atoms with E-state index in [0.717, 1.165) is 53.2 Å². The van der Waals surface area contributed by atoms with Crippen molar-refractivity contribution in [3.63, 3.8) is 0 Å². The van der Waals surface area contributed by atoms with Crippen molar-refractivity contribution in [1.82, 2.24) is 14.9 Å². The summed E-state index contributed by atoms with van der Waals surface area (Å²) in [6.45, 7) is 3.72. The van der Waals surface area contributed by atoms with E-state index in [1.165, 1.54) is 11.8 Å². The maximum Gasteiger partial charge on any atom is 0.240 e. The van der Waals surface area contributed by atoms with E-state index < -0.39 is 0 Å². The van der Waals surface area contributed by atoms with Crippen molar-refractivity contribution in [2.24, 2.45) is 0 Å². The fourth-order valence-electron chi connectivity index (χ4n) is 3.52. The first-order chi connectivity index (χ1) is 14.1. The zero-order valence-corrected chi connectivity index (χ0v) is 17.2. The summed E-state index contributed by atoms with van der Waals surface area (Å²) in [5.41, 5.74) is 9.70. The Labute approximate surface area is 175 Å². The number of likely N-dealkylation sites (tertiary alicyclic amines) is 1. The number of aromatic nitrogens is 2. The molecule has 1 fully saturated rings. The molecule has 1 amide bonds. The van der Waals surface area contributed by atoms with Gasteiger partial charge in [-0.15, -0.1) is 0 Å². The highest BCUT2D eigenvalue weighted by Gasteiger charge is 2.29. The SMILES string of the molecule is Cc1cc(-c2ccc(N)nc2)cnc1SC(C(=O)N1CCCC1)c1ccccc1. The van der Waals surface area contributed by atoms with Gasteiger partial charge in [0, 0.05) is 36.6 Å². The molecule has 1 unspecified atom stereocenters. The fraction of sp³-hybridized carbons (Fsp3) is 0.261. The maximum atomic E-state index is 13.2. The van der Waals surface area contributed by atoms with Crippen LogP contribution in [0.4, 0.5) is 5.82 Å². The van der Waals surface area contributed by atoms with Gasteiger partial charge in [-0.05, 0) is 49.1 Å². The van der Waals surface area contributed by atoms with Crippen molar-refractivity contribution in [1.29, 1.82) is 0 Å². The van der Waals surface area contributed by atoms with Crippen molar-refractivity contribution >= 4 is 23.5 Å². The number of carbonyl (C=O) groups is 1. The molecule has 1 aliphatic heterocycles. The molecule has 29 heavy (non-hydrogen) atoms. The van der Waals surface area contributed by atoms with Crippen LogP contribution >= 0.6 is 11.8 Å². The molecule has 3 heterocycles. The molecule has 2 aromatic heterocycles. The number of anilines is 1. The van der Waals surface area contributed by atoms with Crippen LogP contribution in [0.15, 0.2) is 66.0 Å². The van der Waals surface area contributed by atoms with Crippen molar-refractivity contribution < 1.29 is 4.79 Å². The topological polar surface area (TPSA) is 72.1 Å². The van der Waals surface area contributed by atoms with Gasteiger partial charge in [0.15, 0.2) is 0 Å². The Hall–Kier alpha value is -2.86. The van der Waals surface area contributed by atoms with Crippen molar-refractivity contribution in [2.45, 2.75) is 30.0 Å². The molecule has 1 saturated heterocycles. The number of hydrogen-bond acceptors (Lipinski definition) is 5. The van der Waals surface area contributed by atoms with Crippen LogP contribution in [0.1, 0.15) is 29.2 Å². The van der Waals surface area contributed by atoms with Crippen LogP contribution in [0.2, 0.25) is 0 Å². The lowest BCUT2D eigenvalue weighted by Crippen LogP contribution is -2.31. The van der Waals surface area contributed by atoms with Crippen LogP contribution in [0.3, 0.4) is 0 Å². The van der Waals surface area contributed by atoms with Crippen molar-refractivity contribution in [3.05, 3.63) is 72.1 Å². The summed E-state index contributed by atoms with van der Waals surface area (Å²) in [6.07, 6.45) is 5.76. The molecule has 148 valence electrons. The molecule has 2 N–H and O–H groups in total. The third kappa shape index (κ3) is 4.43. The predicted molar refractivity (Wildman–Crippen MR) is 117 cm³/mol. The number of nitrogens with zero attached hydrogens (tertiary/aromatic N) is 3. The van der Waals surface area contributed by atoms with Gasteiger partial charge in [-0.25, -0.2) is 9.97 Å². The molecule has 0 spiro atoms. The fourth-order valence-corrected chi connectivity index (χ4v) is 4.65. The van der Waals surface area contributed by atoms with Crippen LogP contribution in [-0.4, -0.2) is 33.9 Å². The molecule has 0 aliphatic carbocycles. The summed E-state index contributed by atoms with van der Waals surface area (Å²) in [6, 6.07) is 15.8. The van der Waals surface area contributed by atoms with E-state index >= 15 is 0 Å². The molecule has 1 atom stereocenters. The van der Waals surface area contributed by atoms with E-state index in [2.05, 4.69) is 16.0 Å². The van der Waals surface area contributed by atoms with Crippen LogP contribution in [0, 0.1) is 6.92 Å². The van der Waals surface area contributed by atoms with Crippen molar-refractivity contribution in [2.75, 3.05) is 18.8 Å². The number of thioether (sulfide) groups is 1. The molecule has 3 aromatic rings. The molecular formula is C23H24N4OS. The summed E-state index contributed by atoms with van der Waals surface area (Å²) >= 11 is 1.53. The third-order valence-corrected chi connectivity index (χ3v) is 6.48. The Balaban J connectivity index is 1.61. The first-order valence-electron chi connectivity index (χ1n) is 9.81. The highest BCUT2D eigenvalue weighted by molar-refractivity contribution is 8.00. The Morgan fingerprint density at radius 1 is 1.03 bits per heavy atom. The second-order valence-corrected chi connectivity index (χ2v) is 8.35. The molecule has 0 saturated carbocycles. The molecule has 0 radical (unpaired) electrons. The minimum atomic E-state index is -0.287. The monoisotopic (exact) mass is 404 g/mol. The minimum absolute atomic E-state index is 0.173. The van der Waals surface area contributed by atoms with E-state index in [4.69, 9.17) is 5.73 Å². The van der Waals surface area contributed by atoms with E-state index in [1.54, 1.807) is 12.3 Å². The minimum Gasteiger partial charge on any atom is -0.384 e. The zero-order chi connectivity index (χ0) is 20.2. The van der Waals surface area contributed by atoms with Crippen LogP contribution < -0.4 is 5.73 Å². The van der Waals surface area contributed by atoms with Crippen LogP contribution in [0.25, 0.3) is 11.1 Å². The average molecular weight is 405 g/mol. The summed E-state index contributed by atoms with van der Waals surface area (Å²) < 4.78 is 0. The van der Waals surface area contributed by atoms with Crippen LogP contribution in [0.5, 0.6) is 0 Å². The lowest BCUT2D eigenvalue weighted by atomic mass is 10.1. The van der Waals surface area contributed by atoms with Crippen LogP contribution in [-0.2, 0) is 4.79 Å². The largest absolute Gasteiger partial charge is 0.384 e. The van der Waals surface area contributed by atoms with Gasteiger partial charge in [-0.3, -0.25) is 4.79 Å². The molecule has 1 aliphatic rings. The van der Waals surface area contributed by atoms with E-state index in [1.807, 2.05) is 54.4 Å². The Kier molecular flexibility index (Phi) is 5.81. The number of rotatable bonds is 5. The Morgan fingerprint density at radius 2 is 1.76 bits per heavy atom. The summed E-state index contributed by atoms with van der Waals surface area (Å²) in [4.78, 5) is 24.1. The highest BCUT2D eigenvalue weighted by atomic mass is 32.2. The lowest BCUT2D eigenvalue weighted by Gasteiger charge is -2.23. The zero-order valence-electron chi connectivity index (χ0n) is 16.4. The molecule has 6 heteroatoms. The normalized spacial score (nSPS) is 14.7. The summed E-state index contributed by atoms with van der Waals surface area (Å²) in [5.74, 6) is 0.670.